The van der Waals surface area contributed by atoms with Crippen molar-refractivity contribution in [2.75, 3.05) is 20.2 Å². The Bertz CT molecular complexity index is 599. The quantitative estimate of drug-likeness (QED) is 0.593. The zero-order valence-electron chi connectivity index (χ0n) is 9.99. The molecule has 0 saturated carbocycles. The fourth-order valence-electron chi connectivity index (χ4n) is 1.65. The van der Waals surface area contributed by atoms with Crippen LogP contribution in [0.3, 0.4) is 0 Å². The van der Waals surface area contributed by atoms with Crippen LogP contribution in [0.1, 0.15) is 5.56 Å². The number of nitrogens with one attached hydrogen (secondary N) is 2. The first-order valence-corrected chi connectivity index (χ1v) is 5.58. The minimum absolute atomic E-state index is 0.196. The van der Waals surface area contributed by atoms with Gasteiger partial charge in [0, 0.05) is 0 Å². The molecule has 0 aliphatic heterocycles. The molecule has 2 aromatic rings. The van der Waals surface area contributed by atoms with Crippen molar-refractivity contribution >= 4 is 17.1 Å². The van der Waals surface area contributed by atoms with Crippen LogP contribution in [-0.2, 0) is 16.0 Å². The maximum absolute atomic E-state index is 11.0. The zero-order chi connectivity index (χ0) is 13.0. The maximum Gasteiger partial charge on any atom is 0.417 e. The van der Waals surface area contributed by atoms with Crippen LogP contribution in [0.4, 0.5) is 0 Å². The van der Waals surface area contributed by atoms with Gasteiger partial charge in [-0.15, -0.1) is 0 Å². The van der Waals surface area contributed by atoms with E-state index < -0.39 is 5.76 Å². The van der Waals surface area contributed by atoms with Gasteiger partial charge in [-0.3, -0.25) is 9.78 Å². The Morgan fingerprint density at radius 3 is 3.11 bits per heavy atom. The van der Waals surface area contributed by atoms with Crippen LogP contribution in [0.2, 0.25) is 0 Å². The van der Waals surface area contributed by atoms with Crippen LogP contribution < -0.4 is 11.1 Å². The number of fused-ring (bicyclic) bond motifs is 1. The van der Waals surface area contributed by atoms with Gasteiger partial charge < -0.3 is 14.5 Å². The molecule has 0 amide bonds. The second kappa shape index (κ2) is 5.50. The second-order valence-corrected chi connectivity index (χ2v) is 3.85. The first kappa shape index (κ1) is 12.4. The summed E-state index contributed by atoms with van der Waals surface area (Å²) in [4.78, 5) is 24.4. The van der Waals surface area contributed by atoms with E-state index in [2.05, 4.69) is 15.0 Å². The Hall–Kier alpha value is -2.08. The van der Waals surface area contributed by atoms with Gasteiger partial charge in [0.2, 0.25) is 0 Å². The molecule has 2 N–H and O–H groups in total. The molecule has 0 unspecified atom stereocenters. The minimum atomic E-state index is -0.453. The molecular weight excluding hydrogens is 236 g/mol. The number of hydrogen-bond donors (Lipinski definition) is 2. The maximum atomic E-state index is 11.0. The van der Waals surface area contributed by atoms with Crippen molar-refractivity contribution < 1.29 is 13.9 Å². The fraction of sp³-hybridized carbons (Fsp3) is 0.333. The average molecular weight is 250 g/mol. The molecule has 0 aliphatic rings. The van der Waals surface area contributed by atoms with Gasteiger partial charge in [0.05, 0.1) is 19.2 Å². The number of aromatic nitrogens is 1. The third-order valence-corrected chi connectivity index (χ3v) is 2.57. The van der Waals surface area contributed by atoms with Gasteiger partial charge in [0.15, 0.2) is 5.58 Å². The number of methoxy groups -OCH3 is 1. The van der Waals surface area contributed by atoms with Crippen molar-refractivity contribution in [2.45, 2.75) is 6.42 Å². The van der Waals surface area contributed by atoms with E-state index in [4.69, 9.17) is 4.42 Å². The number of benzene rings is 1. The molecule has 0 bridgehead atoms. The van der Waals surface area contributed by atoms with Gasteiger partial charge in [0.25, 0.3) is 0 Å². The van der Waals surface area contributed by atoms with Gasteiger partial charge in [-0.1, -0.05) is 6.07 Å². The van der Waals surface area contributed by atoms with Crippen LogP contribution >= 0.6 is 0 Å². The molecule has 0 radical (unpaired) electrons. The van der Waals surface area contributed by atoms with Crippen molar-refractivity contribution in [3.8, 4) is 0 Å². The molecule has 0 fully saturated rings. The lowest BCUT2D eigenvalue weighted by molar-refractivity contribution is -0.139. The summed E-state index contributed by atoms with van der Waals surface area (Å²) >= 11 is 0. The molecule has 96 valence electrons. The number of H-pyrrole nitrogens is 1. The van der Waals surface area contributed by atoms with Crippen molar-refractivity contribution in [2.24, 2.45) is 0 Å². The summed E-state index contributed by atoms with van der Waals surface area (Å²) in [6.45, 7) is 0.851. The molecular formula is C12H14N2O4. The van der Waals surface area contributed by atoms with Gasteiger partial charge in [0.1, 0.15) is 0 Å². The number of aromatic amines is 1. The summed E-state index contributed by atoms with van der Waals surface area (Å²) in [5.41, 5.74) is 2.29. The molecule has 2 rings (SSSR count). The van der Waals surface area contributed by atoms with Crippen LogP contribution in [0.25, 0.3) is 11.1 Å². The molecule has 0 spiro atoms. The highest BCUT2D eigenvalue weighted by Gasteiger charge is 2.02. The smallest absolute Gasteiger partial charge is 0.417 e. The normalized spacial score (nSPS) is 10.7. The number of rotatable bonds is 5. The molecule has 18 heavy (non-hydrogen) atoms. The molecule has 6 heteroatoms. The highest BCUT2D eigenvalue weighted by atomic mass is 16.5. The summed E-state index contributed by atoms with van der Waals surface area (Å²) in [5, 5.41) is 2.97. The Morgan fingerprint density at radius 1 is 1.50 bits per heavy atom. The molecule has 1 aromatic carbocycles. The molecule has 1 aromatic heterocycles. The molecule has 0 saturated heterocycles. The summed E-state index contributed by atoms with van der Waals surface area (Å²) < 4.78 is 9.42. The molecule has 6 nitrogen and oxygen atoms in total. The van der Waals surface area contributed by atoms with Gasteiger partial charge in [-0.2, -0.15) is 0 Å². The predicted octanol–water partition coefficient (Wildman–Crippen LogP) is 0.426. The zero-order valence-corrected chi connectivity index (χ0v) is 9.99. The topological polar surface area (TPSA) is 84.3 Å². The first-order valence-electron chi connectivity index (χ1n) is 5.58. The highest BCUT2D eigenvalue weighted by molar-refractivity contribution is 5.73. The van der Waals surface area contributed by atoms with Crippen molar-refractivity contribution in [3.63, 3.8) is 0 Å². The standard InChI is InChI=1S/C12H14N2O4/c1-17-11(15)7-13-5-4-8-2-3-10-9(6-8)14-12(16)18-10/h2-3,6,13H,4-5,7H2,1H3,(H,14,16). The number of carbonyl (C=O) groups excluding carboxylic acids is 1. The van der Waals surface area contributed by atoms with E-state index in [1.54, 1.807) is 6.07 Å². The minimum Gasteiger partial charge on any atom is -0.468 e. The summed E-state index contributed by atoms with van der Waals surface area (Å²) in [7, 11) is 1.35. The van der Waals surface area contributed by atoms with E-state index in [1.807, 2.05) is 12.1 Å². The first-order chi connectivity index (χ1) is 8.69. The van der Waals surface area contributed by atoms with Gasteiger partial charge >= 0.3 is 11.7 Å². The SMILES string of the molecule is COC(=O)CNCCc1ccc2oc(=O)[nH]c2c1. The third kappa shape index (κ3) is 2.98. The van der Waals surface area contributed by atoms with Crippen molar-refractivity contribution in [3.05, 3.63) is 34.3 Å². The van der Waals surface area contributed by atoms with Crippen molar-refractivity contribution in [1.82, 2.24) is 10.3 Å². The lowest BCUT2D eigenvalue weighted by atomic mass is 10.1. The lowest BCUT2D eigenvalue weighted by Crippen LogP contribution is -2.25. The number of esters is 1. The second-order valence-electron chi connectivity index (χ2n) is 3.85. The number of hydrogen-bond acceptors (Lipinski definition) is 5. The number of ether oxygens (including phenoxy) is 1. The largest absolute Gasteiger partial charge is 0.468 e. The highest BCUT2D eigenvalue weighted by Crippen LogP contribution is 2.12. The Labute approximate surface area is 103 Å². The molecule has 0 atom stereocenters. The van der Waals surface area contributed by atoms with E-state index >= 15 is 0 Å². The molecule has 0 aliphatic carbocycles. The van der Waals surface area contributed by atoms with E-state index in [9.17, 15) is 9.59 Å². The summed E-state index contributed by atoms with van der Waals surface area (Å²) in [5.74, 6) is -0.740. The van der Waals surface area contributed by atoms with E-state index in [0.29, 0.717) is 17.6 Å². The predicted molar refractivity (Wildman–Crippen MR) is 65.4 cm³/mol. The summed E-state index contributed by atoms with van der Waals surface area (Å²) in [6, 6.07) is 5.50. The Kier molecular flexibility index (Phi) is 3.78. The van der Waals surface area contributed by atoms with Gasteiger partial charge in [-0.25, -0.2) is 4.79 Å². The van der Waals surface area contributed by atoms with Crippen LogP contribution in [-0.4, -0.2) is 31.2 Å². The summed E-state index contributed by atoms with van der Waals surface area (Å²) in [6.07, 6.45) is 0.750. The van der Waals surface area contributed by atoms with Crippen LogP contribution in [0, 0.1) is 0 Å². The van der Waals surface area contributed by atoms with Crippen LogP contribution in [0.5, 0.6) is 0 Å². The van der Waals surface area contributed by atoms with Crippen molar-refractivity contribution in [1.29, 1.82) is 0 Å². The fourth-order valence-corrected chi connectivity index (χ4v) is 1.65. The van der Waals surface area contributed by atoms with Gasteiger partial charge in [-0.05, 0) is 30.7 Å². The monoisotopic (exact) mass is 250 g/mol. The average Bonchev–Trinajstić information content (AvgIpc) is 2.73. The van der Waals surface area contributed by atoms with Crippen LogP contribution in [0.15, 0.2) is 27.4 Å². The van der Waals surface area contributed by atoms with E-state index in [0.717, 1.165) is 12.0 Å². The van der Waals surface area contributed by atoms with E-state index in [-0.39, 0.29) is 12.5 Å². The number of carbonyl (C=O) groups is 1. The molecule has 1 heterocycles. The third-order valence-electron chi connectivity index (χ3n) is 2.57. The Balaban J connectivity index is 1.91. The lowest BCUT2D eigenvalue weighted by Gasteiger charge is -2.03. The van der Waals surface area contributed by atoms with E-state index in [1.165, 1.54) is 7.11 Å². The Morgan fingerprint density at radius 2 is 2.33 bits per heavy atom. The number of oxazole rings is 1.